The van der Waals surface area contributed by atoms with E-state index in [1.165, 1.54) is 10.4 Å². The average Bonchev–Trinajstić information content (AvgIpc) is 3.43. The van der Waals surface area contributed by atoms with E-state index in [0.717, 1.165) is 35.6 Å². The normalized spacial score (nSPS) is 14.8. The van der Waals surface area contributed by atoms with Crippen LogP contribution in [-0.4, -0.2) is 48.7 Å². The molecule has 0 radical (unpaired) electrons. The maximum absolute atomic E-state index is 12.8. The summed E-state index contributed by atoms with van der Waals surface area (Å²) in [6, 6.07) is 3.17. The van der Waals surface area contributed by atoms with E-state index in [2.05, 4.69) is 6.58 Å². The Labute approximate surface area is 174 Å². The topological polar surface area (TPSA) is 85.7 Å². The fraction of sp³-hybridized carbons (Fsp3) is 0.400. The third kappa shape index (κ3) is 4.22. The van der Waals surface area contributed by atoms with Gasteiger partial charge in [-0.05, 0) is 44.2 Å². The number of hydrogen-bond acceptors (Lipinski definition) is 6. The summed E-state index contributed by atoms with van der Waals surface area (Å²) < 4.78 is 34.0. The SMILES string of the molecule is C=CCn1c(C)cc(C(=O)COC(=O)c2sccc2S(=O)(=O)N2CCCC2)c1C. The molecule has 0 saturated carbocycles. The second-order valence-corrected chi connectivity index (χ2v) is 9.73. The molecule has 3 rings (SSSR count). The van der Waals surface area contributed by atoms with Gasteiger partial charge >= 0.3 is 5.97 Å². The smallest absolute Gasteiger partial charge is 0.350 e. The van der Waals surface area contributed by atoms with Crippen LogP contribution in [-0.2, 0) is 21.3 Å². The van der Waals surface area contributed by atoms with Gasteiger partial charge in [-0.1, -0.05) is 6.08 Å². The zero-order valence-electron chi connectivity index (χ0n) is 16.5. The number of hydrogen-bond donors (Lipinski definition) is 0. The highest BCUT2D eigenvalue weighted by Crippen LogP contribution is 2.28. The quantitative estimate of drug-likeness (QED) is 0.360. The van der Waals surface area contributed by atoms with E-state index >= 15 is 0 Å². The number of rotatable bonds is 8. The Kier molecular flexibility index (Phi) is 6.40. The molecule has 0 atom stereocenters. The summed E-state index contributed by atoms with van der Waals surface area (Å²) in [6.07, 6.45) is 3.36. The summed E-state index contributed by atoms with van der Waals surface area (Å²) in [4.78, 5) is 25.0. The number of aryl methyl sites for hydroxylation is 1. The van der Waals surface area contributed by atoms with Crippen LogP contribution in [0.3, 0.4) is 0 Å². The highest BCUT2D eigenvalue weighted by molar-refractivity contribution is 7.89. The number of thiophene rings is 1. The predicted molar refractivity (Wildman–Crippen MR) is 111 cm³/mol. The van der Waals surface area contributed by atoms with E-state index in [-0.39, 0.29) is 15.6 Å². The average molecular weight is 437 g/mol. The van der Waals surface area contributed by atoms with Crippen molar-refractivity contribution < 1.29 is 22.7 Å². The van der Waals surface area contributed by atoms with Gasteiger partial charge in [-0.2, -0.15) is 4.31 Å². The van der Waals surface area contributed by atoms with Gasteiger partial charge in [-0.15, -0.1) is 17.9 Å². The Bertz CT molecular complexity index is 1040. The van der Waals surface area contributed by atoms with E-state index in [4.69, 9.17) is 4.74 Å². The molecule has 2 aromatic rings. The minimum Gasteiger partial charge on any atom is -0.453 e. The summed E-state index contributed by atoms with van der Waals surface area (Å²) in [5.74, 6) is -1.13. The Morgan fingerprint density at radius 2 is 1.97 bits per heavy atom. The lowest BCUT2D eigenvalue weighted by Gasteiger charge is -2.15. The van der Waals surface area contributed by atoms with Gasteiger partial charge in [0.05, 0.1) is 0 Å². The lowest BCUT2D eigenvalue weighted by Crippen LogP contribution is -2.29. The monoisotopic (exact) mass is 436 g/mol. The van der Waals surface area contributed by atoms with Crippen molar-refractivity contribution in [2.75, 3.05) is 19.7 Å². The van der Waals surface area contributed by atoms with E-state index in [9.17, 15) is 18.0 Å². The maximum atomic E-state index is 12.8. The molecule has 1 aliphatic rings. The molecule has 0 aliphatic carbocycles. The first kappa shape index (κ1) is 21.5. The summed E-state index contributed by atoms with van der Waals surface area (Å²) in [5.41, 5.74) is 2.17. The zero-order chi connectivity index (χ0) is 21.2. The van der Waals surface area contributed by atoms with E-state index in [1.54, 1.807) is 17.5 Å². The van der Waals surface area contributed by atoms with Gasteiger partial charge in [0.15, 0.2) is 6.61 Å². The van der Waals surface area contributed by atoms with Crippen molar-refractivity contribution in [3.8, 4) is 0 Å². The fourth-order valence-corrected chi connectivity index (χ4v) is 6.29. The molecule has 0 aromatic carbocycles. The van der Waals surface area contributed by atoms with E-state index < -0.39 is 22.6 Å². The third-order valence-electron chi connectivity index (χ3n) is 5.02. The molecule has 1 saturated heterocycles. The van der Waals surface area contributed by atoms with Crippen LogP contribution in [0.15, 0.2) is 35.1 Å². The van der Waals surface area contributed by atoms with E-state index in [1.807, 2.05) is 18.4 Å². The maximum Gasteiger partial charge on any atom is 0.350 e. The van der Waals surface area contributed by atoms with Crippen molar-refractivity contribution in [1.29, 1.82) is 0 Å². The molecule has 1 fully saturated rings. The van der Waals surface area contributed by atoms with Crippen LogP contribution in [0.25, 0.3) is 0 Å². The Balaban J connectivity index is 1.73. The van der Waals surface area contributed by atoms with Gasteiger partial charge < -0.3 is 9.30 Å². The van der Waals surface area contributed by atoms with Crippen molar-refractivity contribution >= 4 is 33.1 Å². The number of Topliss-reactive ketones (excluding diaryl/α,β-unsaturated/α-hetero) is 1. The molecular weight excluding hydrogens is 412 g/mol. The molecule has 29 heavy (non-hydrogen) atoms. The number of sulfonamides is 1. The van der Waals surface area contributed by atoms with Gasteiger partial charge in [0, 0.05) is 36.6 Å². The second-order valence-electron chi connectivity index (χ2n) is 6.91. The lowest BCUT2D eigenvalue weighted by atomic mass is 10.1. The van der Waals surface area contributed by atoms with Crippen molar-refractivity contribution in [2.45, 2.75) is 38.1 Å². The van der Waals surface area contributed by atoms with E-state index in [0.29, 0.717) is 25.2 Å². The second kappa shape index (κ2) is 8.64. The van der Waals surface area contributed by atoms with Crippen LogP contribution < -0.4 is 0 Å². The van der Waals surface area contributed by atoms with Gasteiger partial charge in [0.25, 0.3) is 0 Å². The Hall–Kier alpha value is -2.23. The molecule has 0 amide bonds. The molecule has 0 N–H and O–H groups in total. The van der Waals surface area contributed by atoms with Crippen LogP contribution in [0, 0.1) is 13.8 Å². The summed E-state index contributed by atoms with van der Waals surface area (Å²) >= 11 is 1.00. The number of ether oxygens (including phenoxy) is 1. The lowest BCUT2D eigenvalue weighted by molar-refractivity contribution is 0.0476. The molecule has 156 valence electrons. The largest absolute Gasteiger partial charge is 0.453 e. The Morgan fingerprint density at radius 1 is 1.28 bits per heavy atom. The first-order valence-corrected chi connectivity index (χ1v) is 11.6. The zero-order valence-corrected chi connectivity index (χ0v) is 18.1. The van der Waals surface area contributed by atoms with Gasteiger partial charge in [-0.3, -0.25) is 4.79 Å². The van der Waals surface area contributed by atoms with Crippen LogP contribution in [0.4, 0.5) is 0 Å². The summed E-state index contributed by atoms with van der Waals surface area (Å²) in [5, 5.41) is 1.55. The van der Waals surface area contributed by atoms with Crippen molar-refractivity contribution in [3.63, 3.8) is 0 Å². The van der Waals surface area contributed by atoms with Gasteiger partial charge in [0.1, 0.15) is 9.77 Å². The number of carbonyl (C=O) groups is 2. The molecule has 0 spiro atoms. The van der Waals surface area contributed by atoms with Gasteiger partial charge in [-0.25, -0.2) is 13.2 Å². The minimum atomic E-state index is -3.73. The molecule has 0 unspecified atom stereocenters. The number of carbonyl (C=O) groups excluding carboxylic acids is 2. The van der Waals surface area contributed by atoms with Crippen LogP contribution in [0.2, 0.25) is 0 Å². The molecule has 3 heterocycles. The molecule has 2 aromatic heterocycles. The van der Waals surface area contributed by atoms with Crippen molar-refractivity contribution in [2.24, 2.45) is 0 Å². The highest BCUT2D eigenvalue weighted by Gasteiger charge is 2.32. The molecule has 9 heteroatoms. The first-order valence-electron chi connectivity index (χ1n) is 9.33. The fourth-order valence-electron chi connectivity index (χ4n) is 3.48. The van der Waals surface area contributed by atoms with Crippen molar-refractivity contribution in [3.05, 3.63) is 52.0 Å². The minimum absolute atomic E-state index is 0.00169. The number of nitrogens with zero attached hydrogens (tertiary/aromatic N) is 2. The number of ketones is 1. The standard InChI is InChI=1S/C20H24N2O5S2/c1-4-8-22-14(2)12-16(15(22)3)17(23)13-27-20(24)19-18(7-11-28-19)29(25,26)21-9-5-6-10-21/h4,7,11-12H,1,5-6,8-10,13H2,2-3H3. The highest BCUT2D eigenvalue weighted by atomic mass is 32.2. The number of aromatic nitrogens is 1. The van der Waals surface area contributed by atoms with Crippen LogP contribution in [0.5, 0.6) is 0 Å². The summed E-state index contributed by atoms with van der Waals surface area (Å²) in [7, 11) is -3.73. The number of esters is 1. The van der Waals surface area contributed by atoms with Crippen LogP contribution >= 0.6 is 11.3 Å². The van der Waals surface area contributed by atoms with Crippen molar-refractivity contribution in [1.82, 2.24) is 8.87 Å². The summed E-state index contributed by atoms with van der Waals surface area (Å²) in [6.45, 7) is 8.46. The third-order valence-corrected chi connectivity index (χ3v) is 7.98. The van der Waals surface area contributed by atoms with Gasteiger partial charge in [0.2, 0.25) is 15.8 Å². The molecule has 7 nitrogen and oxygen atoms in total. The van der Waals surface area contributed by atoms with Crippen LogP contribution in [0.1, 0.15) is 44.3 Å². The first-order chi connectivity index (χ1) is 13.8. The molecule has 1 aliphatic heterocycles. The number of allylic oxidation sites excluding steroid dienone is 1. The predicted octanol–water partition coefficient (Wildman–Crippen LogP) is 3.18. The molecule has 0 bridgehead atoms. The molecular formula is C20H24N2O5S2. The Morgan fingerprint density at radius 3 is 2.62 bits per heavy atom.